The maximum atomic E-state index is 3.51. The largest absolute Gasteiger partial charge is 0.316 e. The van der Waals surface area contributed by atoms with Crippen LogP contribution in [0, 0.1) is 5.92 Å². The summed E-state index contributed by atoms with van der Waals surface area (Å²) in [7, 11) is 4.56. The molecule has 3 nitrogen and oxygen atoms in total. The van der Waals surface area contributed by atoms with Gasteiger partial charge in [0.2, 0.25) is 0 Å². The molecule has 3 heteroatoms. The molecule has 2 unspecified atom stereocenters. The first-order valence-electron chi connectivity index (χ1n) is 6.85. The summed E-state index contributed by atoms with van der Waals surface area (Å²) in [6, 6.07) is 0.807. The summed E-state index contributed by atoms with van der Waals surface area (Å²) in [4.78, 5) is 5.07. The molecule has 2 heterocycles. The molecule has 0 amide bonds. The van der Waals surface area contributed by atoms with Gasteiger partial charge in [0.05, 0.1) is 0 Å². The van der Waals surface area contributed by atoms with E-state index in [0.717, 1.165) is 12.0 Å². The molecule has 0 aromatic rings. The molecule has 0 aromatic carbocycles. The molecule has 2 aliphatic heterocycles. The van der Waals surface area contributed by atoms with E-state index in [1.54, 1.807) is 0 Å². The van der Waals surface area contributed by atoms with E-state index in [9.17, 15) is 0 Å². The maximum Gasteiger partial charge on any atom is 0.0220 e. The summed E-state index contributed by atoms with van der Waals surface area (Å²) in [6.45, 7) is 6.28. The van der Waals surface area contributed by atoms with Crippen molar-refractivity contribution < 1.29 is 0 Å². The van der Waals surface area contributed by atoms with Gasteiger partial charge in [-0.25, -0.2) is 0 Å². The second kappa shape index (κ2) is 5.99. The monoisotopic (exact) mass is 225 g/mol. The minimum Gasteiger partial charge on any atom is -0.316 e. The van der Waals surface area contributed by atoms with Crippen LogP contribution in [-0.4, -0.2) is 62.7 Å². The molecular weight excluding hydrogens is 198 g/mol. The van der Waals surface area contributed by atoms with Crippen molar-refractivity contribution in [2.45, 2.75) is 31.7 Å². The second-order valence-corrected chi connectivity index (χ2v) is 5.71. The summed E-state index contributed by atoms with van der Waals surface area (Å²) in [6.07, 6.45) is 5.56. The van der Waals surface area contributed by atoms with Gasteiger partial charge >= 0.3 is 0 Å². The first-order valence-corrected chi connectivity index (χ1v) is 6.85. The lowest BCUT2D eigenvalue weighted by atomic mass is 9.99. The second-order valence-electron chi connectivity index (χ2n) is 5.71. The average Bonchev–Trinajstić information content (AvgIpc) is 2.66. The molecule has 2 fully saturated rings. The normalized spacial score (nSPS) is 32.4. The van der Waals surface area contributed by atoms with Crippen molar-refractivity contribution in [3.8, 4) is 0 Å². The number of hydrogen-bond donors (Lipinski definition) is 1. The van der Waals surface area contributed by atoms with Crippen LogP contribution in [0.15, 0.2) is 0 Å². The Kier molecular flexibility index (Phi) is 4.62. The molecule has 0 spiro atoms. The third-order valence-corrected chi connectivity index (χ3v) is 4.16. The number of nitrogens with zero attached hydrogens (tertiary/aromatic N) is 2. The maximum absolute atomic E-state index is 3.51. The highest BCUT2D eigenvalue weighted by molar-refractivity contribution is 4.80. The van der Waals surface area contributed by atoms with Gasteiger partial charge in [-0.15, -0.1) is 0 Å². The highest BCUT2D eigenvalue weighted by Crippen LogP contribution is 2.17. The molecule has 0 aromatic heterocycles. The van der Waals surface area contributed by atoms with E-state index >= 15 is 0 Å². The van der Waals surface area contributed by atoms with Crippen molar-refractivity contribution in [2.75, 3.05) is 46.8 Å². The van der Waals surface area contributed by atoms with Gasteiger partial charge in [0.1, 0.15) is 0 Å². The molecule has 2 atom stereocenters. The van der Waals surface area contributed by atoms with Gasteiger partial charge in [0.15, 0.2) is 0 Å². The molecule has 0 aliphatic carbocycles. The molecule has 0 radical (unpaired) electrons. The van der Waals surface area contributed by atoms with Crippen molar-refractivity contribution in [1.29, 1.82) is 0 Å². The standard InChI is InChI=1S/C13H27N3/c1-15(10-12-5-3-7-14-9-12)11-13-6-4-8-16(13)2/h12-14H,3-11H2,1-2H3. The number of piperidine rings is 1. The zero-order valence-corrected chi connectivity index (χ0v) is 10.9. The lowest BCUT2D eigenvalue weighted by Crippen LogP contribution is -2.41. The fourth-order valence-corrected chi connectivity index (χ4v) is 3.16. The number of nitrogens with one attached hydrogen (secondary N) is 1. The quantitative estimate of drug-likeness (QED) is 0.770. The molecule has 16 heavy (non-hydrogen) atoms. The van der Waals surface area contributed by atoms with Crippen LogP contribution in [0.25, 0.3) is 0 Å². The van der Waals surface area contributed by atoms with E-state index < -0.39 is 0 Å². The predicted molar refractivity (Wildman–Crippen MR) is 68.7 cm³/mol. The topological polar surface area (TPSA) is 18.5 Å². The lowest BCUT2D eigenvalue weighted by Gasteiger charge is -2.30. The Balaban J connectivity index is 1.68. The Labute approximate surface area is 100 Å². The Bertz CT molecular complexity index is 201. The zero-order valence-electron chi connectivity index (χ0n) is 10.9. The van der Waals surface area contributed by atoms with Gasteiger partial charge < -0.3 is 15.1 Å². The van der Waals surface area contributed by atoms with Crippen LogP contribution < -0.4 is 5.32 Å². The van der Waals surface area contributed by atoms with Crippen LogP contribution in [0.4, 0.5) is 0 Å². The zero-order chi connectivity index (χ0) is 11.4. The third-order valence-electron chi connectivity index (χ3n) is 4.16. The lowest BCUT2D eigenvalue weighted by molar-refractivity contribution is 0.187. The third kappa shape index (κ3) is 3.44. The fourth-order valence-electron chi connectivity index (χ4n) is 3.16. The first kappa shape index (κ1) is 12.3. The molecular formula is C13H27N3. The molecule has 0 bridgehead atoms. The van der Waals surface area contributed by atoms with Gasteiger partial charge in [0, 0.05) is 19.1 Å². The fraction of sp³-hybridized carbons (Fsp3) is 1.00. The molecule has 1 N–H and O–H groups in total. The Morgan fingerprint density at radius 3 is 2.75 bits per heavy atom. The minimum absolute atomic E-state index is 0.807. The van der Waals surface area contributed by atoms with E-state index in [1.165, 1.54) is 58.4 Å². The van der Waals surface area contributed by atoms with Crippen molar-refractivity contribution in [3.05, 3.63) is 0 Å². The van der Waals surface area contributed by atoms with Crippen LogP contribution in [0.3, 0.4) is 0 Å². The van der Waals surface area contributed by atoms with Gasteiger partial charge in [-0.1, -0.05) is 0 Å². The van der Waals surface area contributed by atoms with Gasteiger partial charge in [0.25, 0.3) is 0 Å². The van der Waals surface area contributed by atoms with E-state index in [4.69, 9.17) is 0 Å². The summed E-state index contributed by atoms with van der Waals surface area (Å²) in [5, 5.41) is 3.51. The average molecular weight is 225 g/mol. The van der Waals surface area contributed by atoms with Crippen LogP contribution in [0.5, 0.6) is 0 Å². The molecule has 2 aliphatic rings. The van der Waals surface area contributed by atoms with Gasteiger partial charge in [-0.2, -0.15) is 0 Å². The van der Waals surface area contributed by atoms with Gasteiger partial charge in [-0.3, -0.25) is 0 Å². The number of hydrogen-bond acceptors (Lipinski definition) is 3. The Hall–Kier alpha value is -0.120. The van der Waals surface area contributed by atoms with Crippen molar-refractivity contribution in [2.24, 2.45) is 5.92 Å². The van der Waals surface area contributed by atoms with E-state index in [2.05, 4.69) is 29.2 Å². The minimum atomic E-state index is 0.807. The summed E-state index contributed by atoms with van der Waals surface area (Å²) < 4.78 is 0. The van der Waals surface area contributed by atoms with Crippen molar-refractivity contribution >= 4 is 0 Å². The Morgan fingerprint density at radius 1 is 1.25 bits per heavy atom. The van der Waals surface area contributed by atoms with E-state index in [0.29, 0.717) is 0 Å². The number of rotatable bonds is 4. The van der Waals surface area contributed by atoms with Crippen molar-refractivity contribution in [1.82, 2.24) is 15.1 Å². The van der Waals surface area contributed by atoms with Crippen molar-refractivity contribution in [3.63, 3.8) is 0 Å². The number of likely N-dealkylation sites (N-methyl/N-ethyl adjacent to an activating group) is 2. The molecule has 2 rings (SSSR count). The van der Waals surface area contributed by atoms with E-state index in [1.807, 2.05) is 0 Å². The van der Waals surface area contributed by atoms with Crippen LogP contribution in [0.1, 0.15) is 25.7 Å². The summed E-state index contributed by atoms with van der Waals surface area (Å²) >= 11 is 0. The molecule has 2 saturated heterocycles. The summed E-state index contributed by atoms with van der Waals surface area (Å²) in [5.41, 5.74) is 0. The molecule has 94 valence electrons. The SMILES string of the molecule is CN(CC1CCCNC1)CC1CCCN1C. The highest BCUT2D eigenvalue weighted by Gasteiger charge is 2.23. The van der Waals surface area contributed by atoms with Crippen LogP contribution in [0.2, 0.25) is 0 Å². The Morgan fingerprint density at radius 2 is 2.12 bits per heavy atom. The van der Waals surface area contributed by atoms with Gasteiger partial charge in [-0.05, 0) is 65.3 Å². The first-order chi connectivity index (χ1) is 7.75. The van der Waals surface area contributed by atoms with Crippen LogP contribution >= 0.6 is 0 Å². The smallest absolute Gasteiger partial charge is 0.0220 e. The van der Waals surface area contributed by atoms with Crippen LogP contribution in [-0.2, 0) is 0 Å². The van der Waals surface area contributed by atoms with E-state index in [-0.39, 0.29) is 0 Å². The highest BCUT2D eigenvalue weighted by atomic mass is 15.2. The molecule has 0 saturated carbocycles. The predicted octanol–water partition coefficient (Wildman–Crippen LogP) is 1.01. The summed E-state index contributed by atoms with van der Waals surface area (Å²) in [5.74, 6) is 0.880. The number of likely N-dealkylation sites (tertiary alicyclic amines) is 1.